The van der Waals surface area contributed by atoms with Gasteiger partial charge in [0.05, 0.1) is 17.8 Å². The Hall–Kier alpha value is -0.700. The van der Waals surface area contributed by atoms with Gasteiger partial charge in [-0.2, -0.15) is 0 Å². The molecule has 0 bridgehead atoms. The Labute approximate surface area is 96.0 Å². The maximum Gasteiger partial charge on any atom is 0.114 e. The molecule has 0 radical (unpaired) electrons. The molecule has 4 heteroatoms. The standard InChI is InChI=1S/C11H18ClN3/c1-9-4-3-5-10(2)15(9)14-8-13-7-11(14)6-12/h7-10H,3-6H2,1-2H3. The fraction of sp³-hybridized carbons (Fsp3) is 0.727. The normalized spacial score (nSPS) is 27.0. The van der Waals surface area contributed by atoms with Gasteiger partial charge in [-0.1, -0.05) is 0 Å². The summed E-state index contributed by atoms with van der Waals surface area (Å²) in [5, 5.41) is 2.40. The lowest BCUT2D eigenvalue weighted by molar-refractivity contribution is 0.332. The van der Waals surface area contributed by atoms with Crippen molar-refractivity contribution in [1.82, 2.24) is 9.66 Å². The highest BCUT2D eigenvalue weighted by Gasteiger charge is 2.25. The van der Waals surface area contributed by atoms with E-state index in [1.54, 1.807) is 0 Å². The van der Waals surface area contributed by atoms with Crippen LogP contribution in [0.4, 0.5) is 0 Å². The van der Waals surface area contributed by atoms with E-state index in [1.165, 1.54) is 19.3 Å². The molecule has 84 valence electrons. The molecule has 2 atom stereocenters. The Morgan fingerprint density at radius 3 is 2.67 bits per heavy atom. The van der Waals surface area contributed by atoms with Crippen molar-refractivity contribution in [2.75, 3.05) is 5.01 Å². The van der Waals surface area contributed by atoms with E-state index in [1.807, 2.05) is 12.5 Å². The lowest BCUT2D eigenvalue weighted by Gasteiger charge is -2.41. The van der Waals surface area contributed by atoms with Crippen LogP contribution in [-0.2, 0) is 5.88 Å². The van der Waals surface area contributed by atoms with Crippen molar-refractivity contribution in [3.8, 4) is 0 Å². The number of hydrogen-bond acceptors (Lipinski definition) is 2. The summed E-state index contributed by atoms with van der Waals surface area (Å²) in [5.74, 6) is 0.524. The molecule has 2 heterocycles. The Kier molecular flexibility index (Phi) is 3.19. The number of rotatable bonds is 2. The second-order valence-corrected chi connectivity index (χ2v) is 4.64. The van der Waals surface area contributed by atoms with Crippen LogP contribution in [0.25, 0.3) is 0 Å². The monoisotopic (exact) mass is 227 g/mol. The molecule has 0 amide bonds. The fourth-order valence-electron chi connectivity index (χ4n) is 2.45. The Morgan fingerprint density at radius 2 is 2.07 bits per heavy atom. The van der Waals surface area contributed by atoms with Crippen molar-refractivity contribution in [2.24, 2.45) is 0 Å². The molecule has 1 fully saturated rings. The molecule has 2 rings (SSSR count). The molecule has 0 spiro atoms. The minimum absolute atomic E-state index is 0.524. The van der Waals surface area contributed by atoms with Gasteiger partial charge in [0.1, 0.15) is 6.33 Å². The van der Waals surface area contributed by atoms with Crippen LogP contribution < -0.4 is 5.01 Å². The number of alkyl halides is 1. The van der Waals surface area contributed by atoms with E-state index in [-0.39, 0.29) is 0 Å². The molecule has 0 aliphatic carbocycles. The van der Waals surface area contributed by atoms with Crippen molar-refractivity contribution in [3.63, 3.8) is 0 Å². The number of halogens is 1. The maximum atomic E-state index is 5.90. The highest BCUT2D eigenvalue weighted by molar-refractivity contribution is 6.16. The van der Waals surface area contributed by atoms with Crippen LogP contribution in [-0.4, -0.2) is 21.7 Å². The molecule has 1 saturated heterocycles. The van der Waals surface area contributed by atoms with Crippen molar-refractivity contribution < 1.29 is 0 Å². The maximum absolute atomic E-state index is 5.90. The van der Waals surface area contributed by atoms with E-state index in [0.717, 1.165) is 5.69 Å². The van der Waals surface area contributed by atoms with Crippen molar-refractivity contribution >= 4 is 11.6 Å². The molecular formula is C11H18ClN3. The van der Waals surface area contributed by atoms with E-state index in [9.17, 15) is 0 Å². The summed E-state index contributed by atoms with van der Waals surface area (Å²) < 4.78 is 2.13. The van der Waals surface area contributed by atoms with Gasteiger partial charge in [0.2, 0.25) is 0 Å². The zero-order chi connectivity index (χ0) is 10.8. The first-order valence-electron chi connectivity index (χ1n) is 5.60. The molecule has 0 N–H and O–H groups in total. The van der Waals surface area contributed by atoms with E-state index in [0.29, 0.717) is 18.0 Å². The Morgan fingerprint density at radius 1 is 1.40 bits per heavy atom. The second kappa shape index (κ2) is 4.44. The van der Waals surface area contributed by atoms with Gasteiger partial charge in [0.15, 0.2) is 0 Å². The molecule has 1 aliphatic heterocycles. The summed E-state index contributed by atoms with van der Waals surface area (Å²) in [7, 11) is 0. The zero-order valence-electron chi connectivity index (χ0n) is 9.36. The molecule has 15 heavy (non-hydrogen) atoms. The summed E-state index contributed by atoms with van der Waals surface area (Å²) in [6.07, 6.45) is 7.55. The topological polar surface area (TPSA) is 21.1 Å². The zero-order valence-corrected chi connectivity index (χ0v) is 10.1. The van der Waals surface area contributed by atoms with Crippen molar-refractivity contribution in [2.45, 2.75) is 51.1 Å². The molecular weight excluding hydrogens is 210 g/mol. The number of piperidine rings is 1. The highest BCUT2D eigenvalue weighted by Crippen LogP contribution is 2.22. The van der Waals surface area contributed by atoms with Gasteiger partial charge in [0.25, 0.3) is 0 Å². The van der Waals surface area contributed by atoms with Gasteiger partial charge < -0.3 is 5.01 Å². The predicted molar refractivity (Wildman–Crippen MR) is 62.8 cm³/mol. The molecule has 0 saturated carbocycles. The van der Waals surface area contributed by atoms with Gasteiger partial charge in [-0.05, 0) is 33.1 Å². The average molecular weight is 228 g/mol. The molecule has 2 unspecified atom stereocenters. The molecule has 0 aromatic carbocycles. The summed E-state index contributed by atoms with van der Waals surface area (Å²) in [6.45, 7) is 4.54. The third-order valence-corrected chi connectivity index (χ3v) is 3.50. The first-order valence-corrected chi connectivity index (χ1v) is 6.13. The SMILES string of the molecule is CC1CCCC(C)N1n1cncc1CCl. The minimum atomic E-state index is 0.524. The van der Waals surface area contributed by atoms with Gasteiger partial charge in [-0.15, -0.1) is 11.6 Å². The van der Waals surface area contributed by atoms with E-state index in [4.69, 9.17) is 11.6 Å². The van der Waals surface area contributed by atoms with Crippen LogP contribution in [0.5, 0.6) is 0 Å². The van der Waals surface area contributed by atoms with Crippen LogP contribution >= 0.6 is 11.6 Å². The average Bonchev–Trinajstić information content (AvgIpc) is 2.65. The molecule has 1 aromatic rings. The lowest BCUT2D eigenvalue weighted by atomic mass is 10.00. The quantitative estimate of drug-likeness (QED) is 0.724. The summed E-state index contributed by atoms with van der Waals surface area (Å²) in [5.41, 5.74) is 1.08. The van der Waals surface area contributed by atoms with Gasteiger partial charge in [0, 0.05) is 12.1 Å². The van der Waals surface area contributed by atoms with Gasteiger partial charge in [-0.3, -0.25) is 0 Å². The minimum Gasteiger partial charge on any atom is -0.306 e. The van der Waals surface area contributed by atoms with Crippen LogP contribution in [0.1, 0.15) is 38.8 Å². The van der Waals surface area contributed by atoms with E-state index < -0.39 is 0 Å². The van der Waals surface area contributed by atoms with Crippen molar-refractivity contribution in [1.29, 1.82) is 0 Å². The number of imidazole rings is 1. The highest BCUT2D eigenvalue weighted by atomic mass is 35.5. The molecule has 1 aromatic heterocycles. The van der Waals surface area contributed by atoms with Crippen molar-refractivity contribution in [3.05, 3.63) is 18.2 Å². The first kappa shape index (κ1) is 10.8. The van der Waals surface area contributed by atoms with Crippen LogP contribution in [0.3, 0.4) is 0 Å². The summed E-state index contributed by atoms with van der Waals surface area (Å²) in [6, 6.07) is 1.15. The van der Waals surface area contributed by atoms with E-state index >= 15 is 0 Å². The number of aromatic nitrogens is 2. The van der Waals surface area contributed by atoms with Gasteiger partial charge in [-0.25, -0.2) is 9.66 Å². The number of hydrogen-bond donors (Lipinski definition) is 0. The van der Waals surface area contributed by atoms with Crippen LogP contribution in [0.15, 0.2) is 12.5 Å². The van der Waals surface area contributed by atoms with Crippen LogP contribution in [0, 0.1) is 0 Å². The Bertz CT molecular complexity index is 313. The Balaban J connectivity index is 2.27. The fourth-order valence-corrected chi connectivity index (χ4v) is 2.64. The van der Waals surface area contributed by atoms with Crippen LogP contribution in [0.2, 0.25) is 0 Å². The third-order valence-electron chi connectivity index (χ3n) is 3.23. The molecule has 3 nitrogen and oxygen atoms in total. The predicted octanol–water partition coefficient (Wildman–Crippen LogP) is 2.52. The summed E-state index contributed by atoms with van der Waals surface area (Å²) in [4.78, 5) is 4.17. The second-order valence-electron chi connectivity index (χ2n) is 4.37. The third kappa shape index (κ3) is 1.98. The first-order chi connectivity index (χ1) is 7.24. The smallest absolute Gasteiger partial charge is 0.114 e. The van der Waals surface area contributed by atoms with Gasteiger partial charge >= 0.3 is 0 Å². The number of nitrogens with zero attached hydrogens (tertiary/aromatic N) is 3. The van der Waals surface area contributed by atoms with E-state index in [2.05, 4.69) is 28.5 Å². The lowest BCUT2D eigenvalue weighted by Crippen LogP contribution is -2.51. The largest absolute Gasteiger partial charge is 0.306 e. The molecule has 1 aliphatic rings. The summed E-state index contributed by atoms with van der Waals surface area (Å²) >= 11 is 5.90.